The van der Waals surface area contributed by atoms with Crippen molar-refractivity contribution in [3.05, 3.63) is 47.5 Å². The fourth-order valence-corrected chi connectivity index (χ4v) is 2.76. The van der Waals surface area contributed by atoms with E-state index in [2.05, 4.69) is 10.6 Å². The van der Waals surface area contributed by atoms with Crippen LogP contribution < -0.4 is 10.6 Å². The van der Waals surface area contributed by atoms with Crippen molar-refractivity contribution in [3.8, 4) is 0 Å². The van der Waals surface area contributed by atoms with E-state index in [0.717, 1.165) is 17.5 Å². The molecule has 3 atom stereocenters. The van der Waals surface area contributed by atoms with Crippen molar-refractivity contribution in [2.45, 2.75) is 38.8 Å². The molecule has 0 heterocycles. The Kier molecular flexibility index (Phi) is 5.93. The van der Waals surface area contributed by atoms with E-state index in [4.69, 9.17) is 5.11 Å². The normalized spacial score (nSPS) is 21.0. The quantitative estimate of drug-likeness (QED) is 0.698. The fourth-order valence-electron chi connectivity index (χ4n) is 2.76. The smallest absolute Gasteiger partial charge is 0.222 e. The van der Waals surface area contributed by atoms with Crippen molar-refractivity contribution in [3.63, 3.8) is 0 Å². The van der Waals surface area contributed by atoms with Gasteiger partial charge in [-0.3, -0.25) is 9.59 Å². The van der Waals surface area contributed by atoms with Gasteiger partial charge in [-0.25, -0.2) is 0 Å². The van der Waals surface area contributed by atoms with Crippen molar-refractivity contribution in [2.24, 2.45) is 5.92 Å². The lowest BCUT2D eigenvalue weighted by Crippen LogP contribution is -2.37. The van der Waals surface area contributed by atoms with E-state index in [-0.39, 0.29) is 42.8 Å². The number of amides is 2. The zero-order valence-corrected chi connectivity index (χ0v) is 13.6. The number of carbonyl (C=O) groups excluding carboxylic acids is 2. The second kappa shape index (κ2) is 7.92. The predicted octanol–water partition coefficient (Wildman–Crippen LogP) is 1.62. The molecule has 1 aliphatic carbocycles. The van der Waals surface area contributed by atoms with Crippen molar-refractivity contribution in [2.75, 3.05) is 6.61 Å². The third-order valence-electron chi connectivity index (χ3n) is 4.00. The van der Waals surface area contributed by atoms with Crippen LogP contribution in [0, 0.1) is 12.8 Å². The highest BCUT2D eigenvalue weighted by molar-refractivity contribution is 5.79. The van der Waals surface area contributed by atoms with Gasteiger partial charge in [-0.2, -0.15) is 0 Å². The largest absolute Gasteiger partial charge is 0.396 e. The fraction of sp³-hybridized carbons (Fsp3) is 0.444. The molecular weight excluding hydrogens is 292 g/mol. The summed E-state index contributed by atoms with van der Waals surface area (Å²) in [5.41, 5.74) is 2.04. The maximum absolute atomic E-state index is 12.3. The maximum atomic E-state index is 12.3. The minimum Gasteiger partial charge on any atom is -0.396 e. The Bertz CT molecular complexity index is 580. The minimum absolute atomic E-state index is 0.0457. The number of aliphatic hydroxyl groups is 1. The molecule has 124 valence electrons. The highest BCUT2D eigenvalue weighted by Crippen LogP contribution is 2.20. The lowest BCUT2D eigenvalue weighted by molar-refractivity contribution is -0.123. The number of benzene rings is 1. The van der Waals surface area contributed by atoms with E-state index in [0.29, 0.717) is 0 Å². The molecule has 1 aromatic carbocycles. The van der Waals surface area contributed by atoms with Crippen LogP contribution in [0.3, 0.4) is 0 Å². The van der Waals surface area contributed by atoms with E-state index in [1.54, 1.807) is 0 Å². The van der Waals surface area contributed by atoms with Crippen LogP contribution in [0.5, 0.6) is 0 Å². The summed E-state index contributed by atoms with van der Waals surface area (Å²) >= 11 is 0. The van der Waals surface area contributed by atoms with Gasteiger partial charge >= 0.3 is 0 Å². The molecule has 2 amide bonds. The Labute approximate surface area is 136 Å². The second-order valence-electron chi connectivity index (χ2n) is 6.11. The Hall–Kier alpha value is -2.14. The average Bonchev–Trinajstić information content (AvgIpc) is 2.94. The van der Waals surface area contributed by atoms with Crippen LogP contribution in [0.1, 0.15) is 36.9 Å². The number of nitrogens with one attached hydrogen (secondary N) is 2. The summed E-state index contributed by atoms with van der Waals surface area (Å²) in [5, 5.41) is 14.9. The van der Waals surface area contributed by atoms with Crippen LogP contribution in [0.2, 0.25) is 0 Å². The Morgan fingerprint density at radius 2 is 1.96 bits per heavy atom. The van der Waals surface area contributed by atoms with Crippen LogP contribution in [-0.2, 0) is 9.59 Å². The summed E-state index contributed by atoms with van der Waals surface area (Å²) in [6, 6.07) is 7.41. The third-order valence-corrected chi connectivity index (χ3v) is 4.00. The minimum atomic E-state index is -0.341. The van der Waals surface area contributed by atoms with Crippen molar-refractivity contribution < 1.29 is 14.7 Å². The molecule has 1 unspecified atom stereocenters. The van der Waals surface area contributed by atoms with E-state index in [1.807, 2.05) is 43.3 Å². The lowest BCUT2D eigenvalue weighted by Gasteiger charge is -2.20. The molecular formula is C18H24N2O3. The van der Waals surface area contributed by atoms with Crippen molar-refractivity contribution >= 4 is 11.8 Å². The summed E-state index contributed by atoms with van der Waals surface area (Å²) in [7, 11) is 0. The molecule has 0 fully saturated rings. The molecule has 1 aromatic rings. The average molecular weight is 316 g/mol. The summed E-state index contributed by atoms with van der Waals surface area (Å²) in [6.45, 7) is 3.54. The van der Waals surface area contributed by atoms with Gasteiger partial charge in [-0.05, 0) is 18.9 Å². The van der Waals surface area contributed by atoms with Gasteiger partial charge in [0.05, 0.1) is 12.5 Å². The van der Waals surface area contributed by atoms with Crippen LogP contribution in [0.25, 0.3) is 0 Å². The molecule has 0 aromatic heterocycles. The SMILES string of the molecule is CC(=O)NC(CC(=O)N[C@@H]1C=C[C@H](CO)C1)c1ccc(C)cc1. The molecule has 5 heteroatoms. The van der Waals surface area contributed by atoms with Crippen LogP contribution >= 0.6 is 0 Å². The monoisotopic (exact) mass is 316 g/mol. The molecule has 2 rings (SSSR count). The number of rotatable bonds is 6. The molecule has 23 heavy (non-hydrogen) atoms. The first-order valence-electron chi connectivity index (χ1n) is 7.90. The van der Waals surface area contributed by atoms with Gasteiger partial charge < -0.3 is 15.7 Å². The molecule has 3 N–H and O–H groups in total. The molecule has 0 saturated heterocycles. The molecule has 0 spiro atoms. The topological polar surface area (TPSA) is 78.4 Å². The predicted molar refractivity (Wildman–Crippen MR) is 88.6 cm³/mol. The van der Waals surface area contributed by atoms with Crippen LogP contribution in [-0.4, -0.2) is 29.6 Å². The lowest BCUT2D eigenvalue weighted by atomic mass is 10.0. The standard InChI is InChI=1S/C18H24N2O3/c1-12-3-6-15(7-4-12)17(19-13(2)22)10-18(23)20-16-8-5-14(9-16)11-21/h3-8,14,16-17,21H,9-11H2,1-2H3,(H,19,22)(H,20,23)/t14-,16+,17?/m0/s1. The van der Waals surface area contributed by atoms with Crippen molar-refractivity contribution in [1.29, 1.82) is 0 Å². The van der Waals surface area contributed by atoms with Gasteiger partial charge in [0, 0.05) is 25.5 Å². The summed E-state index contributed by atoms with van der Waals surface area (Å²) in [5.74, 6) is -0.161. The summed E-state index contributed by atoms with van der Waals surface area (Å²) in [6.07, 6.45) is 4.75. The van der Waals surface area contributed by atoms with Gasteiger partial charge in [0.1, 0.15) is 0 Å². The summed E-state index contributed by atoms with van der Waals surface area (Å²) in [4.78, 5) is 23.7. The Morgan fingerprint density at radius 3 is 2.52 bits per heavy atom. The van der Waals surface area contributed by atoms with Gasteiger partial charge in [-0.1, -0.05) is 42.0 Å². The third kappa shape index (κ3) is 5.21. The summed E-state index contributed by atoms with van der Waals surface area (Å²) < 4.78 is 0. The van der Waals surface area contributed by atoms with E-state index in [9.17, 15) is 9.59 Å². The van der Waals surface area contributed by atoms with Crippen LogP contribution in [0.4, 0.5) is 0 Å². The molecule has 0 radical (unpaired) electrons. The number of carbonyl (C=O) groups is 2. The molecule has 0 bridgehead atoms. The number of hydrogen-bond acceptors (Lipinski definition) is 3. The zero-order chi connectivity index (χ0) is 16.8. The first kappa shape index (κ1) is 17.2. The first-order valence-corrected chi connectivity index (χ1v) is 7.90. The van der Waals surface area contributed by atoms with Crippen LogP contribution in [0.15, 0.2) is 36.4 Å². The van der Waals surface area contributed by atoms with E-state index in [1.165, 1.54) is 6.92 Å². The molecule has 1 aliphatic rings. The zero-order valence-electron chi connectivity index (χ0n) is 13.6. The van der Waals surface area contributed by atoms with Gasteiger partial charge in [0.2, 0.25) is 11.8 Å². The van der Waals surface area contributed by atoms with Gasteiger partial charge in [0.15, 0.2) is 0 Å². The molecule has 0 aliphatic heterocycles. The molecule has 0 saturated carbocycles. The van der Waals surface area contributed by atoms with Crippen molar-refractivity contribution in [1.82, 2.24) is 10.6 Å². The van der Waals surface area contributed by atoms with E-state index >= 15 is 0 Å². The van der Waals surface area contributed by atoms with Gasteiger partial charge in [-0.15, -0.1) is 0 Å². The molecule has 5 nitrogen and oxygen atoms in total. The van der Waals surface area contributed by atoms with E-state index < -0.39 is 0 Å². The number of aryl methyl sites for hydroxylation is 1. The number of hydrogen-bond donors (Lipinski definition) is 3. The van der Waals surface area contributed by atoms with Gasteiger partial charge in [0.25, 0.3) is 0 Å². The second-order valence-corrected chi connectivity index (χ2v) is 6.11. The highest BCUT2D eigenvalue weighted by Gasteiger charge is 2.22. The first-order chi connectivity index (χ1) is 11.0. The Balaban J connectivity index is 1.97. The Morgan fingerprint density at radius 1 is 1.26 bits per heavy atom. The maximum Gasteiger partial charge on any atom is 0.222 e. The number of aliphatic hydroxyl groups excluding tert-OH is 1. The highest BCUT2D eigenvalue weighted by atomic mass is 16.3.